The molecule has 0 aromatic carbocycles. The molecule has 0 spiro atoms. The molecule has 3 fully saturated rings. The fraction of sp³-hybridized carbons (Fsp3) is 0.750. The minimum atomic E-state index is -0.806. The Kier molecular flexibility index (Phi) is 2.09. The van der Waals surface area contributed by atoms with E-state index >= 15 is 0 Å². The molecule has 1 aliphatic heterocycles. The zero-order valence-corrected chi connectivity index (χ0v) is 9.76. The van der Waals surface area contributed by atoms with E-state index in [4.69, 9.17) is 5.73 Å². The van der Waals surface area contributed by atoms with Crippen molar-refractivity contribution in [2.24, 2.45) is 29.4 Å². The number of nitrogens with two attached hydrogens (primary N) is 1. The second-order valence-electron chi connectivity index (χ2n) is 5.51. The number of fused-ring (bicyclic) bond motifs is 5. The SMILES string of the molecule is C[C@H](C(N)=O)N1C(=O)[C@H]2[C@@H]3CC[C@@H](C3)[C@@H]2C1=O. The summed E-state index contributed by atoms with van der Waals surface area (Å²) in [5, 5.41) is 0. The first-order chi connectivity index (χ1) is 8.02. The van der Waals surface area contributed by atoms with E-state index in [2.05, 4.69) is 0 Å². The molecule has 17 heavy (non-hydrogen) atoms. The van der Waals surface area contributed by atoms with Crippen LogP contribution in [0.4, 0.5) is 0 Å². The minimum absolute atomic E-state index is 0.164. The summed E-state index contributed by atoms with van der Waals surface area (Å²) in [5.41, 5.74) is 5.19. The van der Waals surface area contributed by atoms with Crippen molar-refractivity contribution < 1.29 is 14.4 Å². The molecule has 0 aromatic heterocycles. The van der Waals surface area contributed by atoms with Gasteiger partial charge >= 0.3 is 0 Å². The van der Waals surface area contributed by atoms with E-state index in [1.165, 1.54) is 6.92 Å². The maximum Gasteiger partial charge on any atom is 0.240 e. The zero-order valence-electron chi connectivity index (χ0n) is 9.76. The van der Waals surface area contributed by atoms with Crippen molar-refractivity contribution in [3.8, 4) is 0 Å². The number of imide groups is 1. The third-order valence-corrected chi connectivity index (χ3v) is 4.76. The Balaban J connectivity index is 1.93. The summed E-state index contributed by atoms with van der Waals surface area (Å²) in [4.78, 5) is 36.7. The lowest BCUT2D eigenvalue weighted by Gasteiger charge is -2.21. The number of rotatable bonds is 2. The van der Waals surface area contributed by atoms with Crippen LogP contribution in [0.1, 0.15) is 26.2 Å². The molecule has 1 heterocycles. The Labute approximate surface area is 99.3 Å². The first-order valence-corrected chi connectivity index (χ1v) is 6.18. The predicted octanol–water partition coefficient (Wildman–Crippen LogP) is -0.109. The molecule has 1 saturated heterocycles. The number of nitrogens with zero attached hydrogens (tertiary/aromatic N) is 1. The van der Waals surface area contributed by atoms with Gasteiger partial charge in [0.15, 0.2) is 0 Å². The van der Waals surface area contributed by atoms with Crippen LogP contribution in [0.15, 0.2) is 0 Å². The van der Waals surface area contributed by atoms with Crippen molar-refractivity contribution >= 4 is 17.7 Å². The van der Waals surface area contributed by atoms with Crippen LogP contribution in [0, 0.1) is 23.7 Å². The molecule has 92 valence electrons. The highest BCUT2D eigenvalue weighted by Gasteiger charge is 2.61. The van der Waals surface area contributed by atoms with Gasteiger partial charge in [-0.25, -0.2) is 0 Å². The monoisotopic (exact) mass is 236 g/mol. The number of likely N-dealkylation sites (tertiary alicyclic amines) is 1. The van der Waals surface area contributed by atoms with Crippen LogP contribution in [0.3, 0.4) is 0 Å². The topological polar surface area (TPSA) is 80.5 Å². The quantitative estimate of drug-likeness (QED) is 0.679. The number of hydrogen-bond donors (Lipinski definition) is 1. The summed E-state index contributed by atoms with van der Waals surface area (Å²) in [6.45, 7) is 1.53. The van der Waals surface area contributed by atoms with Crippen molar-refractivity contribution in [2.45, 2.75) is 32.2 Å². The Morgan fingerprint density at radius 3 is 2.12 bits per heavy atom. The van der Waals surface area contributed by atoms with E-state index < -0.39 is 11.9 Å². The molecule has 2 bridgehead atoms. The van der Waals surface area contributed by atoms with Crippen LogP contribution in [-0.2, 0) is 14.4 Å². The largest absolute Gasteiger partial charge is 0.368 e. The minimum Gasteiger partial charge on any atom is -0.368 e. The number of hydrogen-bond acceptors (Lipinski definition) is 3. The summed E-state index contributed by atoms with van der Waals surface area (Å²) in [5.74, 6) is -0.569. The van der Waals surface area contributed by atoms with Crippen molar-refractivity contribution in [2.75, 3.05) is 0 Å². The van der Waals surface area contributed by atoms with Gasteiger partial charge in [0.05, 0.1) is 11.8 Å². The van der Waals surface area contributed by atoms with Crippen molar-refractivity contribution in [1.29, 1.82) is 0 Å². The lowest BCUT2D eigenvalue weighted by molar-refractivity contribution is -0.147. The van der Waals surface area contributed by atoms with E-state index in [9.17, 15) is 14.4 Å². The molecule has 5 heteroatoms. The Morgan fingerprint density at radius 2 is 1.71 bits per heavy atom. The van der Waals surface area contributed by atoms with Gasteiger partial charge < -0.3 is 5.73 Å². The predicted molar refractivity (Wildman–Crippen MR) is 58.3 cm³/mol. The highest BCUT2D eigenvalue weighted by molar-refractivity contribution is 6.08. The number of primary amides is 1. The average molecular weight is 236 g/mol. The Hall–Kier alpha value is -1.39. The van der Waals surface area contributed by atoms with Crippen molar-refractivity contribution in [3.05, 3.63) is 0 Å². The van der Waals surface area contributed by atoms with Gasteiger partial charge in [-0.3, -0.25) is 19.3 Å². The van der Waals surface area contributed by atoms with Crippen molar-refractivity contribution in [3.63, 3.8) is 0 Å². The van der Waals surface area contributed by atoms with Gasteiger partial charge in [0.25, 0.3) is 0 Å². The standard InChI is InChI=1S/C12H16N2O3/c1-5(10(13)15)14-11(16)8-6-2-3-7(4-6)9(8)12(14)17/h5-9H,2-4H2,1H3,(H2,13,15)/t5-,6-,7+,8+,9+/m1/s1. The smallest absolute Gasteiger partial charge is 0.240 e. The molecule has 3 rings (SSSR count). The maximum absolute atomic E-state index is 12.2. The maximum atomic E-state index is 12.2. The van der Waals surface area contributed by atoms with E-state index in [0.29, 0.717) is 11.8 Å². The molecular weight excluding hydrogens is 220 g/mol. The lowest BCUT2D eigenvalue weighted by Crippen LogP contribution is -2.47. The first kappa shape index (κ1) is 10.7. The molecule has 5 nitrogen and oxygen atoms in total. The lowest BCUT2D eigenvalue weighted by atomic mass is 9.81. The molecule has 0 unspecified atom stereocenters. The molecule has 2 saturated carbocycles. The molecule has 5 atom stereocenters. The second kappa shape index (κ2) is 3.31. The van der Waals surface area contributed by atoms with Crippen LogP contribution in [0.25, 0.3) is 0 Å². The van der Waals surface area contributed by atoms with Crippen molar-refractivity contribution in [1.82, 2.24) is 4.90 Å². The van der Waals surface area contributed by atoms with Gasteiger partial charge in [0.2, 0.25) is 17.7 Å². The fourth-order valence-corrected chi connectivity index (χ4v) is 3.94. The molecule has 2 N–H and O–H groups in total. The third kappa shape index (κ3) is 1.22. The molecule has 3 amide bonds. The second-order valence-corrected chi connectivity index (χ2v) is 5.51. The fourth-order valence-electron chi connectivity index (χ4n) is 3.94. The summed E-state index contributed by atoms with van der Waals surface area (Å²) in [6, 6.07) is -0.806. The van der Waals surface area contributed by atoms with Crippen LogP contribution in [-0.4, -0.2) is 28.7 Å². The van der Waals surface area contributed by atoms with Gasteiger partial charge in [-0.15, -0.1) is 0 Å². The zero-order chi connectivity index (χ0) is 12.3. The molecule has 3 aliphatic rings. The third-order valence-electron chi connectivity index (χ3n) is 4.76. The van der Waals surface area contributed by atoms with Crippen LogP contribution in [0.2, 0.25) is 0 Å². The van der Waals surface area contributed by atoms with Crippen LogP contribution >= 0.6 is 0 Å². The van der Waals surface area contributed by atoms with Gasteiger partial charge in [0, 0.05) is 0 Å². The van der Waals surface area contributed by atoms with E-state index in [1.54, 1.807) is 0 Å². The van der Waals surface area contributed by atoms with Crippen LogP contribution < -0.4 is 5.73 Å². The Morgan fingerprint density at radius 1 is 1.24 bits per heavy atom. The normalized spacial score (nSPS) is 40.9. The van der Waals surface area contributed by atoms with Gasteiger partial charge in [-0.2, -0.15) is 0 Å². The number of amides is 3. The summed E-state index contributed by atoms with van der Waals surface area (Å²) in [7, 11) is 0. The summed E-state index contributed by atoms with van der Waals surface area (Å²) in [6.07, 6.45) is 3.10. The molecule has 2 aliphatic carbocycles. The van der Waals surface area contributed by atoms with Gasteiger partial charge in [-0.05, 0) is 38.0 Å². The molecule has 0 aromatic rings. The van der Waals surface area contributed by atoms with E-state index in [-0.39, 0.29) is 23.7 Å². The number of carbonyl (C=O) groups is 3. The van der Waals surface area contributed by atoms with E-state index in [1.807, 2.05) is 0 Å². The van der Waals surface area contributed by atoms with E-state index in [0.717, 1.165) is 24.2 Å². The summed E-state index contributed by atoms with van der Waals surface area (Å²) >= 11 is 0. The van der Waals surface area contributed by atoms with Gasteiger partial charge in [0.1, 0.15) is 6.04 Å². The highest BCUT2D eigenvalue weighted by atomic mass is 16.2. The number of carbonyl (C=O) groups excluding carboxylic acids is 3. The highest BCUT2D eigenvalue weighted by Crippen LogP contribution is 2.56. The molecule has 0 radical (unpaired) electrons. The summed E-state index contributed by atoms with van der Waals surface area (Å²) < 4.78 is 0. The average Bonchev–Trinajstić information content (AvgIpc) is 2.92. The molecular formula is C12H16N2O3. The Bertz CT molecular complexity index is 392. The van der Waals surface area contributed by atoms with Gasteiger partial charge in [-0.1, -0.05) is 0 Å². The van der Waals surface area contributed by atoms with Crippen LogP contribution in [0.5, 0.6) is 0 Å². The first-order valence-electron chi connectivity index (χ1n) is 6.18.